The summed E-state index contributed by atoms with van der Waals surface area (Å²) in [6.07, 6.45) is -1.12. The molecule has 3 rings (SSSR count). The maximum absolute atomic E-state index is 12.8. The largest absolute Gasteiger partial charge is 0.497 e. The van der Waals surface area contributed by atoms with Crippen molar-refractivity contribution in [3.63, 3.8) is 0 Å². The Balaban J connectivity index is 1.69. The molecular weight excluding hydrogens is 376 g/mol. The number of esters is 1. The van der Waals surface area contributed by atoms with Crippen molar-refractivity contribution in [1.82, 2.24) is 0 Å². The third-order valence-electron chi connectivity index (χ3n) is 4.52. The van der Waals surface area contributed by atoms with Gasteiger partial charge in [0.1, 0.15) is 18.0 Å². The second-order valence-electron chi connectivity index (χ2n) is 6.48. The highest BCUT2D eigenvalue weighted by Crippen LogP contribution is 2.30. The lowest BCUT2D eigenvalue weighted by molar-refractivity contribution is -0.153. The molecule has 1 heterocycles. The molecule has 1 aliphatic heterocycles. The Morgan fingerprint density at radius 1 is 1.14 bits per heavy atom. The lowest BCUT2D eigenvalue weighted by Crippen LogP contribution is -2.47. The summed E-state index contributed by atoms with van der Waals surface area (Å²) in [5, 5.41) is 2.71. The number of methoxy groups -OCH3 is 2. The number of ether oxygens (including phenoxy) is 3. The van der Waals surface area contributed by atoms with Crippen LogP contribution in [0.5, 0.6) is 11.5 Å². The molecule has 1 N–H and O–H groups in total. The third-order valence-corrected chi connectivity index (χ3v) is 4.52. The summed E-state index contributed by atoms with van der Waals surface area (Å²) in [7, 11) is 3.03. The molecule has 0 unspecified atom stereocenters. The number of benzene rings is 2. The number of fused-ring (bicyclic) bond motifs is 1. The highest BCUT2D eigenvalue weighted by molar-refractivity contribution is 6.11. The Labute approximate surface area is 168 Å². The zero-order chi connectivity index (χ0) is 21.0. The zero-order valence-corrected chi connectivity index (χ0v) is 16.4. The summed E-state index contributed by atoms with van der Waals surface area (Å²) in [5.74, 6) is -0.267. The van der Waals surface area contributed by atoms with E-state index in [4.69, 9.17) is 14.2 Å². The fourth-order valence-electron chi connectivity index (χ4n) is 3.09. The summed E-state index contributed by atoms with van der Waals surface area (Å²) in [4.78, 5) is 38.4. The van der Waals surface area contributed by atoms with Gasteiger partial charge in [-0.25, -0.2) is 0 Å². The second-order valence-corrected chi connectivity index (χ2v) is 6.48. The molecule has 8 heteroatoms. The molecule has 0 fully saturated rings. The molecule has 0 aliphatic carbocycles. The zero-order valence-electron chi connectivity index (χ0n) is 16.4. The summed E-state index contributed by atoms with van der Waals surface area (Å²) < 4.78 is 15.7. The number of nitrogens with zero attached hydrogens (tertiary/aromatic N) is 1. The van der Waals surface area contributed by atoms with E-state index >= 15 is 0 Å². The number of hydrogen-bond acceptors (Lipinski definition) is 6. The molecule has 0 saturated heterocycles. The van der Waals surface area contributed by atoms with Crippen LogP contribution in [-0.4, -0.2) is 44.7 Å². The van der Waals surface area contributed by atoms with Crippen molar-refractivity contribution >= 4 is 29.2 Å². The van der Waals surface area contributed by atoms with E-state index in [9.17, 15) is 14.4 Å². The maximum atomic E-state index is 12.8. The number of anilines is 2. The molecule has 0 bridgehead atoms. The first-order chi connectivity index (χ1) is 13.9. The molecule has 152 valence electrons. The summed E-state index contributed by atoms with van der Waals surface area (Å²) in [5.41, 5.74) is 1.72. The smallest absolute Gasteiger partial charge is 0.311 e. The van der Waals surface area contributed by atoms with Crippen molar-refractivity contribution in [2.75, 3.05) is 31.0 Å². The van der Waals surface area contributed by atoms with Gasteiger partial charge in [0.25, 0.3) is 5.91 Å². The highest BCUT2D eigenvalue weighted by atomic mass is 16.5. The third kappa shape index (κ3) is 4.48. The number of carbonyl (C=O) groups excluding carboxylic acids is 3. The van der Waals surface area contributed by atoms with Gasteiger partial charge in [0, 0.05) is 11.6 Å². The molecule has 0 aromatic heterocycles. The molecule has 2 aromatic carbocycles. The van der Waals surface area contributed by atoms with Gasteiger partial charge in [0.05, 0.1) is 32.0 Å². The van der Waals surface area contributed by atoms with Crippen molar-refractivity contribution in [1.29, 1.82) is 0 Å². The van der Waals surface area contributed by atoms with Gasteiger partial charge in [-0.15, -0.1) is 0 Å². The lowest BCUT2D eigenvalue weighted by Gasteiger charge is -2.30. The van der Waals surface area contributed by atoms with Crippen molar-refractivity contribution in [3.05, 3.63) is 48.0 Å². The van der Waals surface area contributed by atoms with Crippen LogP contribution >= 0.6 is 0 Å². The van der Waals surface area contributed by atoms with E-state index in [1.807, 2.05) is 0 Å². The number of amides is 2. The second kappa shape index (κ2) is 8.64. The Kier molecular flexibility index (Phi) is 6.01. The van der Waals surface area contributed by atoms with Gasteiger partial charge in [0.2, 0.25) is 5.91 Å². The molecule has 1 aliphatic rings. The topological polar surface area (TPSA) is 94.2 Å². The lowest BCUT2D eigenvalue weighted by atomic mass is 10.1. The van der Waals surface area contributed by atoms with Gasteiger partial charge in [-0.05, 0) is 25.1 Å². The first-order valence-corrected chi connectivity index (χ1v) is 9.03. The first-order valence-electron chi connectivity index (χ1n) is 9.03. The van der Waals surface area contributed by atoms with Gasteiger partial charge < -0.3 is 19.5 Å². The minimum atomic E-state index is -1.05. The molecule has 0 radical (unpaired) electrons. The van der Waals surface area contributed by atoms with Crippen LogP contribution in [0.2, 0.25) is 0 Å². The van der Waals surface area contributed by atoms with Crippen LogP contribution < -0.4 is 19.7 Å². The number of rotatable bonds is 6. The van der Waals surface area contributed by atoms with Crippen molar-refractivity contribution in [2.24, 2.45) is 0 Å². The van der Waals surface area contributed by atoms with E-state index in [2.05, 4.69) is 5.32 Å². The summed E-state index contributed by atoms with van der Waals surface area (Å²) >= 11 is 0. The van der Waals surface area contributed by atoms with E-state index in [-0.39, 0.29) is 18.9 Å². The van der Waals surface area contributed by atoms with Crippen molar-refractivity contribution in [3.8, 4) is 11.5 Å². The number of nitrogens with one attached hydrogen (secondary N) is 1. The van der Waals surface area contributed by atoms with Gasteiger partial charge in [0.15, 0.2) is 6.10 Å². The Morgan fingerprint density at radius 2 is 1.90 bits per heavy atom. The Morgan fingerprint density at radius 3 is 2.62 bits per heavy atom. The van der Waals surface area contributed by atoms with Gasteiger partial charge in [-0.3, -0.25) is 19.3 Å². The average molecular weight is 398 g/mol. The molecule has 0 spiro atoms. The number of para-hydroxylation sites is 2. The SMILES string of the molecule is COc1ccc(CC(=O)O[C@H](C)C(=O)N2CC(=O)Nc3ccccc32)c(OC)c1. The van der Waals surface area contributed by atoms with Crippen LogP contribution in [0.25, 0.3) is 0 Å². The summed E-state index contributed by atoms with van der Waals surface area (Å²) in [6, 6.07) is 12.0. The van der Waals surface area contributed by atoms with Crippen LogP contribution in [0.1, 0.15) is 12.5 Å². The standard InChI is InChI=1S/C21H22N2O6/c1-13(21(26)23-12-19(24)22-16-6-4-5-7-17(16)23)29-20(25)10-14-8-9-15(27-2)11-18(14)28-3/h4-9,11,13H,10,12H2,1-3H3,(H,22,24)/t13-/m1/s1. The fraction of sp³-hybridized carbons (Fsp3) is 0.286. The predicted octanol–water partition coefficient (Wildman–Crippen LogP) is 2.16. The van der Waals surface area contributed by atoms with E-state index in [1.165, 1.54) is 26.0 Å². The van der Waals surface area contributed by atoms with E-state index in [0.717, 1.165) is 0 Å². The molecular formula is C21H22N2O6. The van der Waals surface area contributed by atoms with Crippen LogP contribution in [0.4, 0.5) is 11.4 Å². The van der Waals surface area contributed by atoms with Gasteiger partial charge in [-0.2, -0.15) is 0 Å². The van der Waals surface area contributed by atoms with Crippen molar-refractivity contribution < 1.29 is 28.6 Å². The van der Waals surface area contributed by atoms with Crippen molar-refractivity contribution in [2.45, 2.75) is 19.4 Å². The highest BCUT2D eigenvalue weighted by Gasteiger charge is 2.31. The monoisotopic (exact) mass is 398 g/mol. The molecule has 8 nitrogen and oxygen atoms in total. The Bertz CT molecular complexity index is 943. The van der Waals surface area contributed by atoms with Crippen LogP contribution in [0, 0.1) is 0 Å². The van der Waals surface area contributed by atoms with Crippen LogP contribution in [-0.2, 0) is 25.5 Å². The minimum absolute atomic E-state index is 0.0676. The molecule has 0 saturated carbocycles. The number of hydrogen-bond donors (Lipinski definition) is 1. The van der Waals surface area contributed by atoms with E-state index in [0.29, 0.717) is 28.4 Å². The quantitative estimate of drug-likeness (QED) is 0.750. The molecule has 2 aromatic rings. The van der Waals surface area contributed by atoms with Crippen LogP contribution in [0.15, 0.2) is 42.5 Å². The normalized spacial score (nSPS) is 13.8. The average Bonchev–Trinajstić information content (AvgIpc) is 2.72. The first kappa shape index (κ1) is 20.2. The molecule has 29 heavy (non-hydrogen) atoms. The molecule has 2 amide bonds. The van der Waals surface area contributed by atoms with Crippen LogP contribution in [0.3, 0.4) is 0 Å². The predicted molar refractivity (Wildman–Crippen MR) is 106 cm³/mol. The Hall–Kier alpha value is -3.55. The molecule has 1 atom stereocenters. The van der Waals surface area contributed by atoms with Gasteiger partial charge >= 0.3 is 5.97 Å². The fourth-order valence-corrected chi connectivity index (χ4v) is 3.09. The summed E-state index contributed by atoms with van der Waals surface area (Å²) in [6.45, 7) is 1.35. The maximum Gasteiger partial charge on any atom is 0.311 e. The van der Waals surface area contributed by atoms with Gasteiger partial charge in [-0.1, -0.05) is 18.2 Å². The van der Waals surface area contributed by atoms with E-state index < -0.39 is 18.0 Å². The number of carbonyl (C=O) groups is 3. The minimum Gasteiger partial charge on any atom is -0.497 e. The van der Waals surface area contributed by atoms with E-state index in [1.54, 1.807) is 42.5 Å².